The van der Waals surface area contributed by atoms with Crippen molar-refractivity contribution in [3.8, 4) is 0 Å². The second kappa shape index (κ2) is 7.09. The van der Waals surface area contributed by atoms with Gasteiger partial charge in [0.15, 0.2) is 0 Å². The van der Waals surface area contributed by atoms with Gasteiger partial charge in [0, 0.05) is 6.54 Å². The Kier molecular flexibility index (Phi) is 5.22. The molecule has 0 N–H and O–H groups in total. The molecule has 1 aromatic heterocycles. The van der Waals surface area contributed by atoms with E-state index >= 15 is 0 Å². The zero-order valence-corrected chi connectivity index (χ0v) is 15.1. The minimum atomic E-state index is -4.60. The number of nitrogens with zero attached hydrogens (tertiary/aromatic N) is 1. The van der Waals surface area contributed by atoms with Crippen molar-refractivity contribution < 1.29 is 21.6 Å². The van der Waals surface area contributed by atoms with Gasteiger partial charge in [0.1, 0.15) is 6.54 Å². The Morgan fingerprint density at radius 2 is 1.80 bits per heavy atom. The minimum Gasteiger partial charge on any atom is -0.207 e. The number of benzene rings is 1. The van der Waals surface area contributed by atoms with Crippen LogP contribution in [-0.4, -0.2) is 25.4 Å². The molecule has 0 fully saturated rings. The van der Waals surface area contributed by atoms with Crippen molar-refractivity contribution in [1.82, 2.24) is 4.31 Å². The van der Waals surface area contributed by atoms with Crippen LogP contribution in [0.4, 0.5) is 13.2 Å². The van der Waals surface area contributed by atoms with Crippen molar-refractivity contribution in [2.45, 2.75) is 43.3 Å². The van der Waals surface area contributed by atoms with Gasteiger partial charge in [0.2, 0.25) is 10.0 Å². The summed E-state index contributed by atoms with van der Waals surface area (Å²) >= 11 is 1.32. The number of thiophene rings is 1. The Morgan fingerprint density at radius 1 is 1.08 bits per heavy atom. The fourth-order valence-corrected chi connectivity index (χ4v) is 5.16. The van der Waals surface area contributed by atoms with Crippen LogP contribution in [0.25, 0.3) is 0 Å². The Hall–Kier alpha value is -1.38. The van der Waals surface area contributed by atoms with Crippen LogP contribution < -0.4 is 0 Å². The van der Waals surface area contributed by atoms with Gasteiger partial charge >= 0.3 is 6.18 Å². The highest BCUT2D eigenvalue weighted by Crippen LogP contribution is 2.28. The van der Waals surface area contributed by atoms with Crippen molar-refractivity contribution in [3.05, 3.63) is 51.7 Å². The quantitative estimate of drug-likeness (QED) is 0.761. The van der Waals surface area contributed by atoms with E-state index < -0.39 is 22.7 Å². The topological polar surface area (TPSA) is 37.4 Å². The number of aryl methyl sites for hydroxylation is 2. The Morgan fingerprint density at radius 3 is 2.44 bits per heavy atom. The third-order valence-electron chi connectivity index (χ3n) is 4.25. The molecule has 1 aromatic carbocycles. The molecule has 8 heteroatoms. The monoisotopic (exact) mass is 389 g/mol. The predicted molar refractivity (Wildman–Crippen MR) is 91.1 cm³/mol. The van der Waals surface area contributed by atoms with Crippen molar-refractivity contribution in [1.29, 1.82) is 0 Å². The van der Waals surface area contributed by atoms with Gasteiger partial charge in [-0.05, 0) is 71.3 Å². The van der Waals surface area contributed by atoms with Crippen molar-refractivity contribution in [2.75, 3.05) is 6.54 Å². The number of sulfonamides is 1. The molecule has 1 heterocycles. The molecule has 3 rings (SSSR count). The number of alkyl halides is 3. The molecule has 1 aliphatic carbocycles. The van der Waals surface area contributed by atoms with Gasteiger partial charge in [0.05, 0.1) is 4.90 Å². The van der Waals surface area contributed by atoms with Gasteiger partial charge in [-0.3, -0.25) is 0 Å². The lowest BCUT2D eigenvalue weighted by molar-refractivity contribution is -0.136. The van der Waals surface area contributed by atoms with Crippen LogP contribution in [0.1, 0.15) is 29.5 Å². The molecule has 3 nitrogen and oxygen atoms in total. The summed E-state index contributed by atoms with van der Waals surface area (Å²) in [5.74, 6) is 0. The summed E-state index contributed by atoms with van der Waals surface area (Å²) in [6.07, 6.45) is -0.925. The summed E-state index contributed by atoms with van der Waals surface area (Å²) in [7, 11) is -4.23. The third kappa shape index (κ3) is 4.43. The highest BCUT2D eigenvalue weighted by atomic mass is 32.2. The van der Waals surface area contributed by atoms with Crippen molar-refractivity contribution in [2.24, 2.45) is 0 Å². The van der Waals surface area contributed by atoms with E-state index in [4.69, 9.17) is 0 Å². The molecular formula is C17H18F3NO2S2. The third-order valence-corrected chi connectivity index (χ3v) is 6.77. The lowest BCUT2D eigenvalue weighted by atomic mass is 9.92. The first-order valence-electron chi connectivity index (χ1n) is 7.95. The Balaban J connectivity index is 1.95. The summed E-state index contributed by atoms with van der Waals surface area (Å²) < 4.78 is 65.1. The van der Waals surface area contributed by atoms with E-state index in [0.717, 1.165) is 36.8 Å². The van der Waals surface area contributed by atoms with Crippen molar-refractivity contribution in [3.63, 3.8) is 0 Å². The molecule has 0 atom stereocenters. The maximum absolute atomic E-state index is 13.0. The SMILES string of the molecule is O=S(=O)(c1ccc2c(c1)CCCC2)N(Cc1ccsc1)CC(F)(F)F. The largest absolute Gasteiger partial charge is 0.402 e. The minimum absolute atomic E-state index is 0.0624. The second-order valence-electron chi connectivity index (χ2n) is 6.16. The van der Waals surface area contributed by atoms with Gasteiger partial charge in [0.25, 0.3) is 0 Å². The number of hydrogen-bond acceptors (Lipinski definition) is 3. The highest BCUT2D eigenvalue weighted by Gasteiger charge is 2.37. The lowest BCUT2D eigenvalue weighted by Gasteiger charge is -2.24. The Bertz CT molecular complexity index is 830. The maximum Gasteiger partial charge on any atom is 0.402 e. The van der Waals surface area contributed by atoms with Gasteiger partial charge in [-0.1, -0.05) is 6.07 Å². The average Bonchev–Trinajstić information content (AvgIpc) is 3.05. The fraction of sp³-hybridized carbons (Fsp3) is 0.412. The fourth-order valence-electron chi connectivity index (χ4n) is 3.03. The first-order chi connectivity index (χ1) is 11.8. The molecule has 0 saturated carbocycles. The van der Waals surface area contributed by atoms with Gasteiger partial charge < -0.3 is 0 Å². The predicted octanol–water partition coefficient (Wildman–Crippen LogP) is 4.38. The second-order valence-corrected chi connectivity index (χ2v) is 8.88. The van der Waals surface area contributed by atoms with E-state index in [-0.39, 0.29) is 11.4 Å². The summed E-state index contributed by atoms with van der Waals surface area (Å²) in [4.78, 5) is -0.0624. The molecule has 0 unspecified atom stereocenters. The maximum atomic E-state index is 13.0. The first-order valence-corrected chi connectivity index (χ1v) is 10.3. The van der Waals surface area contributed by atoms with Gasteiger partial charge in [-0.25, -0.2) is 8.42 Å². The van der Waals surface area contributed by atoms with Crippen LogP contribution in [0.5, 0.6) is 0 Å². The average molecular weight is 389 g/mol. The molecule has 0 saturated heterocycles. The molecule has 0 spiro atoms. The summed E-state index contributed by atoms with van der Waals surface area (Å²) in [5, 5.41) is 3.37. The lowest BCUT2D eigenvalue weighted by Crippen LogP contribution is -2.38. The molecule has 0 aliphatic heterocycles. The van der Waals surface area contributed by atoms with Crippen LogP contribution >= 0.6 is 11.3 Å². The van der Waals surface area contributed by atoms with E-state index in [1.807, 2.05) is 0 Å². The smallest absolute Gasteiger partial charge is 0.207 e. The number of hydrogen-bond donors (Lipinski definition) is 0. The van der Waals surface area contributed by atoms with Crippen LogP contribution in [0.3, 0.4) is 0 Å². The molecule has 0 amide bonds. The Labute approximate surface area is 149 Å². The van der Waals surface area contributed by atoms with E-state index in [1.54, 1.807) is 29.0 Å². The molecule has 136 valence electrons. The zero-order chi connectivity index (χ0) is 18.1. The zero-order valence-electron chi connectivity index (χ0n) is 13.4. The molecular weight excluding hydrogens is 371 g/mol. The summed E-state index contributed by atoms with van der Waals surface area (Å²) in [6, 6.07) is 6.34. The molecule has 2 aromatic rings. The van der Waals surface area contributed by atoms with Crippen LogP contribution in [0.2, 0.25) is 0 Å². The first kappa shape index (κ1) is 18.4. The summed E-state index contributed by atoms with van der Waals surface area (Å²) in [6.45, 7) is -1.79. The van der Waals surface area contributed by atoms with E-state index in [2.05, 4.69) is 0 Å². The van der Waals surface area contributed by atoms with E-state index in [0.29, 0.717) is 9.87 Å². The van der Waals surface area contributed by atoms with Gasteiger partial charge in [-0.15, -0.1) is 0 Å². The van der Waals surface area contributed by atoms with E-state index in [9.17, 15) is 21.6 Å². The van der Waals surface area contributed by atoms with Gasteiger partial charge in [-0.2, -0.15) is 28.8 Å². The molecule has 1 aliphatic rings. The molecule has 0 bridgehead atoms. The number of fused-ring (bicyclic) bond motifs is 1. The van der Waals surface area contributed by atoms with E-state index in [1.165, 1.54) is 17.4 Å². The normalized spacial score (nSPS) is 15.4. The van der Waals surface area contributed by atoms with Crippen LogP contribution in [0.15, 0.2) is 39.9 Å². The van der Waals surface area contributed by atoms with Crippen LogP contribution in [0, 0.1) is 0 Å². The molecule has 25 heavy (non-hydrogen) atoms. The standard InChI is InChI=1S/C17H18F3NO2S2/c18-17(19,20)12-21(10-13-7-8-24-11-13)25(22,23)16-6-5-14-3-1-2-4-15(14)9-16/h5-9,11H,1-4,10,12H2. The summed E-state index contributed by atoms with van der Waals surface area (Å²) in [5.41, 5.74) is 2.57. The number of halogens is 3. The van der Waals surface area contributed by atoms with Crippen LogP contribution in [-0.2, 0) is 29.4 Å². The highest BCUT2D eigenvalue weighted by molar-refractivity contribution is 7.89. The molecule has 0 radical (unpaired) electrons. The van der Waals surface area contributed by atoms with Crippen molar-refractivity contribution >= 4 is 21.4 Å². The number of rotatable bonds is 5.